The number of hydrogen-bond acceptors (Lipinski definition) is 3. The van der Waals surface area contributed by atoms with Crippen LogP contribution in [-0.2, 0) is 7.05 Å². The van der Waals surface area contributed by atoms with E-state index in [0.29, 0.717) is 6.54 Å². The van der Waals surface area contributed by atoms with Crippen molar-refractivity contribution in [3.63, 3.8) is 0 Å². The van der Waals surface area contributed by atoms with E-state index in [4.69, 9.17) is 10.7 Å². The molecule has 0 aliphatic rings. The number of pyridine rings is 1. The summed E-state index contributed by atoms with van der Waals surface area (Å²) in [7, 11) is 2.13. The number of para-hydroxylation sites is 2. The molecular weight excluding hydrogens is 284 g/mol. The summed E-state index contributed by atoms with van der Waals surface area (Å²) in [6.45, 7) is 1.51. The van der Waals surface area contributed by atoms with Gasteiger partial charge in [0.1, 0.15) is 5.82 Å². The van der Waals surface area contributed by atoms with Crippen molar-refractivity contribution in [2.24, 2.45) is 12.8 Å². The quantitative estimate of drug-likeness (QED) is 0.566. The Hall–Kier alpha value is -2.59. The Bertz CT molecular complexity index is 1000. The normalized spacial score (nSPS) is 11.6. The van der Waals surface area contributed by atoms with Gasteiger partial charge in [-0.3, -0.25) is 0 Å². The van der Waals surface area contributed by atoms with Crippen LogP contribution in [0.25, 0.3) is 32.7 Å². The first-order chi connectivity index (χ1) is 11.3. The molecule has 0 saturated carbocycles. The summed E-state index contributed by atoms with van der Waals surface area (Å²) in [5.74, 6) is 0.948. The van der Waals surface area contributed by atoms with Crippen molar-refractivity contribution in [2.75, 3.05) is 18.4 Å². The van der Waals surface area contributed by atoms with Gasteiger partial charge in [-0.25, -0.2) is 4.98 Å². The highest BCUT2D eigenvalue weighted by Gasteiger charge is 2.16. The van der Waals surface area contributed by atoms with Crippen molar-refractivity contribution in [1.82, 2.24) is 9.55 Å². The molecule has 0 spiro atoms. The molecule has 0 fully saturated rings. The Morgan fingerprint density at radius 2 is 1.78 bits per heavy atom. The smallest absolute Gasteiger partial charge is 0.136 e. The maximum absolute atomic E-state index is 5.63. The standard InChI is InChI=1S/C19H20N4/c1-23-16-10-5-3-8-14(16)17-18(23)13-7-2-4-9-15(13)22-19(17)21-12-6-11-20/h2-5,7-10H,6,11-12,20H2,1H3,(H,21,22). The monoisotopic (exact) mass is 304 g/mol. The average Bonchev–Trinajstić information content (AvgIpc) is 2.89. The third-order valence-corrected chi connectivity index (χ3v) is 4.41. The van der Waals surface area contributed by atoms with Gasteiger partial charge in [-0.05, 0) is 25.1 Å². The first kappa shape index (κ1) is 14.0. The average molecular weight is 304 g/mol. The number of hydrogen-bond donors (Lipinski definition) is 2. The zero-order valence-electron chi connectivity index (χ0n) is 13.2. The molecule has 0 aliphatic carbocycles. The Morgan fingerprint density at radius 3 is 2.61 bits per heavy atom. The van der Waals surface area contributed by atoms with E-state index >= 15 is 0 Å². The Labute approximate surface area is 134 Å². The molecule has 23 heavy (non-hydrogen) atoms. The van der Waals surface area contributed by atoms with E-state index in [2.05, 4.69) is 59.4 Å². The lowest BCUT2D eigenvalue weighted by Gasteiger charge is -2.10. The molecular formula is C19H20N4. The van der Waals surface area contributed by atoms with Crippen LogP contribution >= 0.6 is 0 Å². The van der Waals surface area contributed by atoms with Crippen LogP contribution in [-0.4, -0.2) is 22.6 Å². The van der Waals surface area contributed by atoms with Gasteiger partial charge < -0.3 is 15.6 Å². The number of nitrogens with one attached hydrogen (secondary N) is 1. The Balaban J connectivity index is 2.11. The van der Waals surface area contributed by atoms with Gasteiger partial charge in [0.15, 0.2) is 0 Å². The third-order valence-electron chi connectivity index (χ3n) is 4.41. The van der Waals surface area contributed by atoms with Crippen molar-refractivity contribution in [1.29, 1.82) is 0 Å². The molecule has 0 aliphatic heterocycles. The highest BCUT2D eigenvalue weighted by atomic mass is 15.0. The van der Waals surface area contributed by atoms with E-state index in [-0.39, 0.29) is 0 Å². The molecule has 4 aromatic rings. The minimum absolute atomic E-state index is 0.680. The first-order valence-corrected chi connectivity index (χ1v) is 8.01. The summed E-state index contributed by atoms with van der Waals surface area (Å²) >= 11 is 0. The molecule has 0 radical (unpaired) electrons. The summed E-state index contributed by atoms with van der Waals surface area (Å²) in [6.07, 6.45) is 0.931. The fourth-order valence-corrected chi connectivity index (χ4v) is 3.33. The van der Waals surface area contributed by atoms with Crippen LogP contribution in [0.5, 0.6) is 0 Å². The van der Waals surface area contributed by atoms with Crippen LogP contribution in [0.1, 0.15) is 6.42 Å². The lowest BCUT2D eigenvalue weighted by molar-refractivity contribution is 0.872. The molecule has 0 saturated heterocycles. The summed E-state index contributed by atoms with van der Waals surface area (Å²) in [5, 5.41) is 7.10. The first-order valence-electron chi connectivity index (χ1n) is 8.01. The second-order valence-corrected chi connectivity index (χ2v) is 5.85. The van der Waals surface area contributed by atoms with Crippen molar-refractivity contribution < 1.29 is 0 Å². The van der Waals surface area contributed by atoms with Crippen LogP contribution in [0.4, 0.5) is 5.82 Å². The van der Waals surface area contributed by atoms with Crippen LogP contribution in [0.2, 0.25) is 0 Å². The lowest BCUT2D eigenvalue weighted by Crippen LogP contribution is -2.09. The van der Waals surface area contributed by atoms with Crippen molar-refractivity contribution in [3.05, 3.63) is 48.5 Å². The van der Waals surface area contributed by atoms with Crippen molar-refractivity contribution in [3.8, 4) is 0 Å². The zero-order chi connectivity index (χ0) is 15.8. The van der Waals surface area contributed by atoms with Crippen LogP contribution in [0.3, 0.4) is 0 Å². The molecule has 0 atom stereocenters. The SMILES string of the molecule is Cn1c2ccccc2c2c(NCCCN)nc3ccccc3c21. The molecule has 3 N–H and O–H groups in total. The molecule has 4 rings (SSSR count). The number of aryl methyl sites for hydroxylation is 1. The van der Waals surface area contributed by atoms with E-state index in [1.165, 1.54) is 27.2 Å². The second-order valence-electron chi connectivity index (χ2n) is 5.85. The number of anilines is 1. The molecule has 2 heterocycles. The van der Waals surface area contributed by atoms with E-state index in [1.54, 1.807) is 0 Å². The Kier molecular flexibility index (Phi) is 3.39. The lowest BCUT2D eigenvalue weighted by atomic mass is 10.1. The fourth-order valence-electron chi connectivity index (χ4n) is 3.33. The number of aromatic nitrogens is 2. The predicted octanol–water partition coefficient (Wildman–Crippen LogP) is 3.64. The number of rotatable bonds is 4. The molecule has 0 amide bonds. The molecule has 0 unspecified atom stereocenters. The summed E-state index contributed by atoms with van der Waals surface area (Å²) < 4.78 is 2.27. The van der Waals surface area contributed by atoms with Crippen LogP contribution in [0.15, 0.2) is 48.5 Å². The highest BCUT2D eigenvalue weighted by Crippen LogP contribution is 2.36. The summed E-state index contributed by atoms with van der Waals surface area (Å²) in [4.78, 5) is 4.87. The van der Waals surface area contributed by atoms with Gasteiger partial charge in [-0.2, -0.15) is 0 Å². The molecule has 4 heteroatoms. The van der Waals surface area contributed by atoms with E-state index in [1.807, 2.05) is 6.07 Å². The van der Waals surface area contributed by atoms with Crippen LogP contribution in [0, 0.1) is 0 Å². The van der Waals surface area contributed by atoms with Gasteiger partial charge in [0, 0.05) is 29.9 Å². The maximum Gasteiger partial charge on any atom is 0.136 e. The minimum atomic E-state index is 0.680. The van der Waals surface area contributed by atoms with E-state index in [9.17, 15) is 0 Å². The van der Waals surface area contributed by atoms with Gasteiger partial charge in [0.25, 0.3) is 0 Å². The van der Waals surface area contributed by atoms with Gasteiger partial charge >= 0.3 is 0 Å². The highest BCUT2D eigenvalue weighted by molar-refractivity contribution is 6.20. The molecule has 0 bridgehead atoms. The van der Waals surface area contributed by atoms with Crippen molar-refractivity contribution in [2.45, 2.75) is 6.42 Å². The Morgan fingerprint density at radius 1 is 1.04 bits per heavy atom. The third kappa shape index (κ3) is 2.14. The zero-order valence-corrected chi connectivity index (χ0v) is 13.2. The largest absolute Gasteiger partial charge is 0.369 e. The topological polar surface area (TPSA) is 55.9 Å². The van der Waals surface area contributed by atoms with Gasteiger partial charge in [-0.1, -0.05) is 36.4 Å². The molecule has 2 aromatic heterocycles. The number of nitrogens with two attached hydrogens (primary N) is 1. The summed E-state index contributed by atoms with van der Waals surface area (Å²) in [5.41, 5.74) is 9.09. The molecule has 116 valence electrons. The van der Waals surface area contributed by atoms with E-state index in [0.717, 1.165) is 24.3 Å². The van der Waals surface area contributed by atoms with Gasteiger partial charge in [0.2, 0.25) is 0 Å². The predicted molar refractivity (Wildman–Crippen MR) is 97.9 cm³/mol. The van der Waals surface area contributed by atoms with Crippen molar-refractivity contribution >= 4 is 38.5 Å². The molecule has 4 nitrogen and oxygen atoms in total. The van der Waals surface area contributed by atoms with E-state index < -0.39 is 0 Å². The van der Waals surface area contributed by atoms with Gasteiger partial charge in [-0.15, -0.1) is 0 Å². The minimum Gasteiger partial charge on any atom is -0.369 e. The fraction of sp³-hybridized carbons (Fsp3) is 0.211. The number of nitrogens with zero attached hydrogens (tertiary/aromatic N) is 2. The maximum atomic E-state index is 5.63. The number of fused-ring (bicyclic) bond motifs is 5. The summed E-state index contributed by atoms with van der Waals surface area (Å²) in [6, 6.07) is 16.8. The van der Waals surface area contributed by atoms with Gasteiger partial charge in [0.05, 0.1) is 16.4 Å². The molecule has 2 aromatic carbocycles. The second kappa shape index (κ2) is 5.56. The van der Waals surface area contributed by atoms with Crippen LogP contribution < -0.4 is 11.1 Å². The number of benzene rings is 2.